The number of hydrogen-bond acceptors (Lipinski definition) is 5. The molecule has 3 rings (SSSR count). The van der Waals surface area contributed by atoms with E-state index in [0.717, 1.165) is 60.4 Å². The monoisotopic (exact) mass is 353 g/mol. The number of piperidine rings is 1. The second-order valence-electron chi connectivity index (χ2n) is 5.39. The molecule has 7 heteroatoms. The third-order valence-electron chi connectivity index (χ3n) is 3.79. The molecular formula is C14H20BrN5O. The van der Waals surface area contributed by atoms with Crippen molar-refractivity contribution in [2.24, 2.45) is 7.05 Å². The van der Waals surface area contributed by atoms with E-state index in [0.29, 0.717) is 6.10 Å². The van der Waals surface area contributed by atoms with E-state index in [1.54, 1.807) is 11.0 Å². The molecule has 1 fully saturated rings. The molecule has 6 nitrogen and oxygen atoms in total. The highest BCUT2D eigenvalue weighted by Gasteiger charge is 2.24. The lowest BCUT2D eigenvalue weighted by molar-refractivity contribution is 0.0439. The van der Waals surface area contributed by atoms with Crippen molar-refractivity contribution < 1.29 is 4.74 Å². The molecule has 2 aromatic rings. The van der Waals surface area contributed by atoms with Crippen molar-refractivity contribution in [2.45, 2.75) is 32.3 Å². The Labute approximate surface area is 132 Å². The van der Waals surface area contributed by atoms with Crippen LogP contribution in [0.2, 0.25) is 0 Å². The van der Waals surface area contributed by atoms with E-state index in [2.05, 4.69) is 42.8 Å². The van der Waals surface area contributed by atoms with Crippen molar-refractivity contribution >= 4 is 32.8 Å². The third kappa shape index (κ3) is 2.89. The van der Waals surface area contributed by atoms with Gasteiger partial charge in [-0.1, -0.05) is 6.92 Å². The van der Waals surface area contributed by atoms with Crippen molar-refractivity contribution in [1.29, 1.82) is 0 Å². The first-order chi connectivity index (χ1) is 10.2. The number of aryl methyl sites for hydroxylation is 1. The van der Waals surface area contributed by atoms with Crippen LogP contribution in [0.4, 0.5) is 5.82 Å². The number of rotatable bonds is 4. The minimum absolute atomic E-state index is 0.291. The number of fused-ring (bicyclic) bond motifs is 1. The Morgan fingerprint density at radius 1 is 1.43 bits per heavy atom. The average Bonchev–Trinajstić information content (AvgIpc) is 2.80. The molecule has 1 aliphatic heterocycles. The molecule has 2 aromatic heterocycles. The fourth-order valence-electron chi connectivity index (χ4n) is 2.82. The molecule has 0 amide bonds. The molecule has 0 bridgehead atoms. The standard InChI is InChI=1S/C14H20BrN5O/c1-3-7-21-10-5-4-6-20(8-10)14-11-12(15)18-19(2)13(11)16-9-17-14/h9-10H,3-8H2,1-2H3. The van der Waals surface area contributed by atoms with Gasteiger partial charge in [-0.25, -0.2) is 14.6 Å². The second kappa shape index (κ2) is 6.27. The van der Waals surface area contributed by atoms with Gasteiger partial charge in [0.1, 0.15) is 16.7 Å². The first-order valence-electron chi connectivity index (χ1n) is 7.40. The Hall–Kier alpha value is -1.21. The van der Waals surface area contributed by atoms with Gasteiger partial charge in [0.05, 0.1) is 11.5 Å². The Balaban J connectivity index is 1.89. The summed E-state index contributed by atoms with van der Waals surface area (Å²) in [7, 11) is 1.90. The zero-order chi connectivity index (χ0) is 14.8. The number of anilines is 1. The molecule has 21 heavy (non-hydrogen) atoms. The van der Waals surface area contributed by atoms with Crippen LogP contribution in [0.25, 0.3) is 11.0 Å². The van der Waals surface area contributed by atoms with Crippen LogP contribution in [0.3, 0.4) is 0 Å². The van der Waals surface area contributed by atoms with Gasteiger partial charge < -0.3 is 9.64 Å². The number of nitrogens with zero attached hydrogens (tertiary/aromatic N) is 5. The minimum Gasteiger partial charge on any atom is -0.376 e. The van der Waals surface area contributed by atoms with Crippen LogP contribution >= 0.6 is 15.9 Å². The van der Waals surface area contributed by atoms with Crippen LogP contribution in [0, 0.1) is 0 Å². The molecule has 0 saturated carbocycles. The largest absolute Gasteiger partial charge is 0.376 e. The van der Waals surface area contributed by atoms with Gasteiger partial charge in [0.25, 0.3) is 0 Å². The quantitative estimate of drug-likeness (QED) is 0.845. The molecule has 1 unspecified atom stereocenters. The van der Waals surface area contributed by atoms with Crippen LogP contribution in [0.5, 0.6) is 0 Å². The molecule has 1 atom stereocenters. The van der Waals surface area contributed by atoms with E-state index >= 15 is 0 Å². The van der Waals surface area contributed by atoms with Crippen molar-refractivity contribution in [3.63, 3.8) is 0 Å². The second-order valence-corrected chi connectivity index (χ2v) is 6.14. The highest BCUT2D eigenvalue weighted by molar-refractivity contribution is 9.10. The molecule has 114 valence electrons. The molecular weight excluding hydrogens is 334 g/mol. The summed E-state index contributed by atoms with van der Waals surface area (Å²) in [5, 5.41) is 5.37. The maximum absolute atomic E-state index is 5.91. The summed E-state index contributed by atoms with van der Waals surface area (Å²) in [6, 6.07) is 0. The summed E-state index contributed by atoms with van der Waals surface area (Å²) < 4.78 is 8.49. The van der Waals surface area contributed by atoms with E-state index in [1.165, 1.54) is 0 Å². The highest BCUT2D eigenvalue weighted by Crippen LogP contribution is 2.31. The zero-order valence-electron chi connectivity index (χ0n) is 12.4. The van der Waals surface area contributed by atoms with E-state index in [4.69, 9.17) is 4.74 Å². The first kappa shape index (κ1) is 14.7. The summed E-state index contributed by atoms with van der Waals surface area (Å²) in [6.07, 6.45) is 5.21. The van der Waals surface area contributed by atoms with Gasteiger partial charge in [0.15, 0.2) is 5.65 Å². The number of ether oxygens (including phenoxy) is 1. The lowest BCUT2D eigenvalue weighted by Gasteiger charge is -2.33. The van der Waals surface area contributed by atoms with Crippen LogP contribution in [-0.2, 0) is 11.8 Å². The molecule has 0 aromatic carbocycles. The summed E-state index contributed by atoms with van der Waals surface area (Å²) in [6.45, 7) is 4.85. The van der Waals surface area contributed by atoms with Crippen LogP contribution < -0.4 is 4.90 Å². The molecule has 3 heterocycles. The van der Waals surface area contributed by atoms with Gasteiger partial charge in [-0.3, -0.25) is 0 Å². The maximum Gasteiger partial charge on any atom is 0.164 e. The SMILES string of the molecule is CCCOC1CCCN(c2ncnc3c2c(Br)nn3C)C1. The van der Waals surface area contributed by atoms with Gasteiger partial charge in [-0.2, -0.15) is 5.10 Å². The normalized spacial score (nSPS) is 19.4. The van der Waals surface area contributed by atoms with E-state index in [9.17, 15) is 0 Å². The van der Waals surface area contributed by atoms with Crippen molar-refractivity contribution in [3.8, 4) is 0 Å². The molecule has 1 saturated heterocycles. The molecule has 0 aliphatic carbocycles. The van der Waals surface area contributed by atoms with E-state index in [-0.39, 0.29) is 0 Å². The van der Waals surface area contributed by atoms with Crippen molar-refractivity contribution in [2.75, 3.05) is 24.6 Å². The Morgan fingerprint density at radius 2 is 2.29 bits per heavy atom. The van der Waals surface area contributed by atoms with Gasteiger partial charge in [0, 0.05) is 26.7 Å². The van der Waals surface area contributed by atoms with Crippen LogP contribution in [0.1, 0.15) is 26.2 Å². The average molecular weight is 354 g/mol. The number of halogens is 1. The summed E-state index contributed by atoms with van der Waals surface area (Å²) in [4.78, 5) is 11.1. The highest BCUT2D eigenvalue weighted by atomic mass is 79.9. The van der Waals surface area contributed by atoms with Gasteiger partial charge in [0.2, 0.25) is 0 Å². The first-order valence-corrected chi connectivity index (χ1v) is 8.19. The Morgan fingerprint density at radius 3 is 3.10 bits per heavy atom. The van der Waals surface area contributed by atoms with E-state index < -0.39 is 0 Å². The third-order valence-corrected chi connectivity index (χ3v) is 4.35. The van der Waals surface area contributed by atoms with Gasteiger partial charge >= 0.3 is 0 Å². The topological polar surface area (TPSA) is 56.1 Å². The van der Waals surface area contributed by atoms with Crippen molar-refractivity contribution in [1.82, 2.24) is 19.7 Å². The molecule has 1 aliphatic rings. The molecule has 0 radical (unpaired) electrons. The molecule has 0 N–H and O–H groups in total. The fourth-order valence-corrected chi connectivity index (χ4v) is 3.41. The molecule has 0 spiro atoms. The number of aromatic nitrogens is 4. The van der Waals surface area contributed by atoms with Crippen molar-refractivity contribution in [3.05, 3.63) is 10.9 Å². The summed E-state index contributed by atoms with van der Waals surface area (Å²) in [5.41, 5.74) is 0.850. The minimum atomic E-state index is 0.291. The van der Waals surface area contributed by atoms with Gasteiger partial charge in [-0.15, -0.1) is 0 Å². The Bertz CT molecular complexity index is 629. The summed E-state index contributed by atoms with van der Waals surface area (Å²) >= 11 is 3.52. The lowest BCUT2D eigenvalue weighted by atomic mass is 10.1. The maximum atomic E-state index is 5.91. The smallest absolute Gasteiger partial charge is 0.164 e. The fraction of sp³-hybridized carbons (Fsp3) is 0.643. The number of hydrogen-bond donors (Lipinski definition) is 0. The van der Waals surface area contributed by atoms with Crippen LogP contribution in [-0.4, -0.2) is 45.5 Å². The zero-order valence-corrected chi connectivity index (χ0v) is 14.0. The lowest BCUT2D eigenvalue weighted by Crippen LogP contribution is -2.40. The predicted octanol–water partition coefficient (Wildman–Crippen LogP) is 2.52. The Kier molecular flexibility index (Phi) is 4.40. The summed E-state index contributed by atoms with van der Waals surface area (Å²) in [5.74, 6) is 0.949. The van der Waals surface area contributed by atoms with E-state index in [1.807, 2.05) is 7.05 Å². The van der Waals surface area contributed by atoms with Gasteiger partial charge in [-0.05, 0) is 35.2 Å². The van der Waals surface area contributed by atoms with Crippen LogP contribution in [0.15, 0.2) is 10.9 Å². The predicted molar refractivity (Wildman–Crippen MR) is 85.5 cm³/mol.